The fourth-order valence-electron chi connectivity index (χ4n) is 6.11. The van der Waals surface area contributed by atoms with Crippen LogP contribution in [0.25, 0.3) is 11.1 Å². The highest BCUT2D eigenvalue weighted by Gasteiger charge is 2.50. The molecule has 0 spiro atoms. The average molecular weight is 445 g/mol. The van der Waals surface area contributed by atoms with E-state index in [1.807, 2.05) is 12.1 Å². The molecule has 6 nitrogen and oxygen atoms in total. The number of primary amides is 1. The molecule has 1 saturated carbocycles. The van der Waals surface area contributed by atoms with Crippen molar-refractivity contribution in [1.29, 1.82) is 5.26 Å². The fourth-order valence-corrected chi connectivity index (χ4v) is 6.11. The van der Waals surface area contributed by atoms with Crippen molar-refractivity contribution in [2.75, 3.05) is 37.6 Å². The standard InChI is InChI=1S/C27H33N5O/c1-20-16-21(2)32(18-20,26(29)33)25-5-3-4-23(17-25)22-6-8-24(9-7-22)30-12-14-31(15-13-30)27(19-28)10-11-27/h3-9,17,20-21H,10-16,18H2,1-2H3,(H-,29,33)/p+1/t20-,21?,32?/m0/s1. The molecule has 3 fully saturated rings. The van der Waals surface area contributed by atoms with Gasteiger partial charge < -0.3 is 10.6 Å². The van der Waals surface area contributed by atoms with Crippen LogP contribution in [0.3, 0.4) is 0 Å². The van der Waals surface area contributed by atoms with Crippen LogP contribution in [0.2, 0.25) is 0 Å². The zero-order valence-electron chi connectivity index (χ0n) is 19.7. The summed E-state index contributed by atoms with van der Waals surface area (Å²) in [6.07, 6.45) is 3.04. The first-order valence-electron chi connectivity index (χ1n) is 12.2. The molecule has 33 heavy (non-hydrogen) atoms. The van der Waals surface area contributed by atoms with Gasteiger partial charge in [-0.25, -0.2) is 9.28 Å². The number of nitriles is 1. The van der Waals surface area contributed by atoms with Gasteiger partial charge in [0.25, 0.3) is 0 Å². The van der Waals surface area contributed by atoms with Crippen LogP contribution < -0.4 is 15.1 Å². The van der Waals surface area contributed by atoms with E-state index in [0.717, 1.165) is 68.8 Å². The van der Waals surface area contributed by atoms with Crippen molar-refractivity contribution >= 4 is 17.4 Å². The molecule has 2 aromatic carbocycles. The third-order valence-electron chi connectivity index (χ3n) is 8.18. The minimum atomic E-state index is -0.261. The number of quaternary nitrogens is 1. The first-order valence-corrected chi connectivity index (χ1v) is 12.2. The Kier molecular flexibility index (Phi) is 5.43. The molecule has 1 aliphatic carbocycles. The van der Waals surface area contributed by atoms with E-state index < -0.39 is 0 Å². The molecule has 2 amide bonds. The molecule has 172 valence electrons. The summed E-state index contributed by atoms with van der Waals surface area (Å²) in [6, 6.07) is 19.5. The predicted molar refractivity (Wildman–Crippen MR) is 133 cm³/mol. The highest BCUT2D eigenvalue weighted by molar-refractivity contribution is 5.88. The summed E-state index contributed by atoms with van der Waals surface area (Å²) < 4.78 is 0.238. The van der Waals surface area contributed by atoms with Crippen molar-refractivity contribution in [2.24, 2.45) is 11.7 Å². The van der Waals surface area contributed by atoms with Crippen LogP contribution in [-0.4, -0.2) is 55.2 Å². The first-order chi connectivity index (χ1) is 15.9. The number of amides is 2. The second-order valence-electron chi connectivity index (χ2n) is 10.3. The summed E-state index contributed by atoms with van der Waals surface area (Å²) in [6.45, 7) is 8.89. The summed E-state index contributed by atoms with van der Waals surface area (Å²) in [4.78, 5) is 17.4. The van der Waals surface area contributed by atoms with Gasteiger partial charge in [-0.15, -0.1) is 0 Å². The molecule has 0 radical (unpaired) electrons. The number of carbonyl (C=O) groups excluding carboxylic acids is 1. The van der Waals surface area contributed by atoms with Crippen molar-refractivity contribution in [3.8, 4) is 17.2 Å². The number of urea groups is 1. The molecule has 6 heteroatoms. The van der Waals surface area contributed by atoms with Crippen LogP contribution in [0.4, 0.5) is 16.2 Å². The van der Waals surface area contributed by atoms with E-state index in [2.05, 4.69) is 66.1 Å². The highest BCUT2D eigenvalue weighted by Crippen LogP contribution is 2.42. The van der Waals surface area contributed by atoms with E-state index in [0.29, 0.717) is 5.92 Å². The zero-order valence-corrected chi connectivity index (χ0v) is 19.7. The molecule has 0 bridgehead atoms. The Morgan fingerprint density at radius 1 is 1.06 bits per heavy atom. The quantitative estimate of drug-likeness (QED) is 0.712. The van der Waals surface area contributed by atoms with Gasteiger partial charge in [0, 0.05) is 50.3 Å². The average Bonchev–Trinajstić information content (AvgIpc) is 3.57. The van der Waals surface area contributed by atoms with Gasteiger partial charge in [0.2, 0.25) is 0 Å². The molecule has 5 rings (SSSR count). The largest absolute Gasteiger partial charge is 0.419 e. The number of carbonyl (C=O) groups is 1. The summed E-state index contributed by atoms with van der Waals surface area (Å²) in [7, 11) is 0. The Bertz CT molecular complexity index is 1080. The first kappa shape index (κ1) is 21.9. The normalized spacial score (nSPS) is 28.9. The van der Waals surface area contributed by atoms with E-state index in [9.17, 15) is 10.1 Å². The molecule has 2 aliphatic heterocycles. The number of benzene rings is 2. The lowest BCUT2D eigenvalue weighted by Gasteiger charge is -2.38. The second-order valence-corrected chi connectivity index (χ2v) is 10.3. The number of rotatable bonds is 4. The van der Waals surface area contributed by atoms with E-state index in [1.165, 1.54) is 5.69 Å². The smallest absolute Gasteiger partial charge is 0.369 e. The van der Waals surface area contributed by atoms with E-state index >= 15 is 0 Å². The number of likely N-dealkylation sites (tertiary alicyclic amines) is 1. The van der Waals surface area contributed by atoms with Crippen LogP contribution in [0.1, 0.15) is 33.1 Å². The molecule has 2 unspecified atom stereocenters. The Balaban J connectivity index is 1.33. The Labute approximate surface area is 196 Å². The van der Waals surface area contributed by atoms with Crippen LogP contribution in [-0.2, 0) is 0 Å². The maximum Gasteiger partial charge on any atom is 0.419 e. The molecule has 3 aliphatic rings. The van der Waals surface area contributed by atoms with Crippen molar-refractivity contribution in [3.63, 3.8) is 0 Å². The summed E-state index contributed by atoms with van der Waals surface area (Å²) in [5.41, 5.74) is 10.3. The van der Waals surface area contributed by atoms with Gasteiger partial charge >= 0.3 is 6.03 Å². The lowest BCUT2D eigenvalue weighted by Crippen LogP contribution is -2.59. The van der Waals surface area contributed by atoms with Gasteiger partial charge in [-0.3, -0.25) is 4.90 Å². The van der Waals surface area contributed by atoms with Crippen molar-refractivity contribution in [3.05, 3.63) is 48.5 Å². The fraction of sp³-hybridized carbons (Fsp3) is 0.481. The monoisotopic (exact) mass is 444 g/mol. The van der Waals surface area contributed by atoms with Crippen LogP contribution in [0.5, 0.6) is 0 Å². The van der Waals surface area contributed by atoms with E-state index in [-0.39, 0.29) is 22.1 Å². The predicted octanol–water partition coefficient (Wildman–Crippen LogP) is 4.35. The van der Waals surface area contributed by atoms with E-state index in [4.69, 9.17) is 5.73 Å². The van der Waals surface area contributed by atoms with Crippen LogP contribution >= 0.6 is 0 Å². The number of hydrogen-bond acceptors (Lipinski definition) is 4. The van der Waals surface area contributed by atoms with Gasteiger partial charge in [0.1, 0.15) is 11.2 Å². The number of nitrogens with two attached hydrogens (primary N) is 1. The lowest BCUT2D eigenvalue weighted by molar-refractivity contribution is 0.205. The van der Waals surface area contributed by atoms with Crippen molar-refractivity contribution < 1.29 is 4.79 Å². The van der Waals surface area contributed by atoms with Gasteiger partial charge in [-0.05, 0) is 49.1 Å². The van der Waals surface area contributed by atoms with Crippen LogP contribution in [0.15, 0.2) is 48.5 Å². The Morgan fingerprint density at radius 2 is 1.76 bits per heavy atom. The number of piperazine rings is 1. The summed E-state index contributed by atoms with van der Waals surface area (Å²) >= 11 is 0. The Morgan fingerprint density at radius 3 is 2.30 bits per heavy atom. The maximum absolute atomic E-state index is 12.6. The van der Waals surface area contributed by atoms with Gasteiger partial charge in [-0.2, -0.15) is 5.26 Å². The molecule has 2 saturated heterocycles. The van der Waals surface area contributed by atoms with Gasteiger partial charge in [0.15, 0.2) is 0 Å². The topological polar surface area (TPSA) is 73.4 Å². The third kappa shape index (κ3) is 3.70. The number of anilines is 1. The third-order valence-corrected chi connectivity index (χ3v) is 8.18. The van der Waals surface area contributed by atoms with Gasteiger partial charge in [0.05, 0.1) is 18.7 Å². The molecule has 2 heterocycles. The van der Waals surface area contributed by atoms with Crippen molar-refractivity contribution in [1.82, 2.24) is 9.38 Å². The minimum Gasteiger partial charge on any atom is -0.369 e. The molecule has 2 aromatic rings. The second kappa shape index (κ2) is 8.16. The number of nitrogens with zero attached hydrogens (tertiary/aromatic N) is 4. The van der Waals surface area contributed by atoms with Gasteiger partial charge in [-0.1, -0.05) is 31.2 Å². The molecule has 0 aromatic heterocycles. The minimum absolute atomic E-state index is 0.170. The van der Waals surface area contributed by atoms with Crippen molar-refractivity contribution in [2.45, 2.75) is 44.7 Å². The molecule has 2 N–H and O–H groups in total. The molecular formula is C27H34N5O+. The Hall–Kier alpha value is -2.88. The summed E-state index contributed by atoms with van der Waals surface area (Å²) in [5.74, 6) is 0.471. The maximum atomic E-state index is 12.6. The highest BCUT2D eigenvalue weighted by atomic mass is 16.2. The van der Waals surface area contributed by atoms with E-state index in [1.54, 1.807) is 0 Å². The SMILES string of the molecule is CC1C[C@H](C)C[N+]1(C(N)=O)c1cccc(-c2ccc(N3CCN(C4(C#N)CC4)CC3)cc2)c1. The summed E-state index contributed by atoms with van der Waals surface area (Å²) in [5, 5.41) is 9.46. The molecular weight excluding hydrogens is 410 g/mol. The van der Waals surface area contributed by atoms with Crippen LogP contribution in [0, 0.1) is 17.2 Å². The lowest BCUT2D eigenvalue weighted by atomic mass is 10.0. The zero-order chi connectivity index (χ0) is 23.2. The molecule has 3 atom stereocenters. The number of hydrogen-bond donors (Lipinski definition) is 1.